The molecular weight excluding hydrogens is 304 g/mol. The third kappa shape index (κ3) is 4.72. The Hall–Kier alpha value is -2.11. The number of aliphatic hydroxyl groups excluding tert-OH is 1. The van der Waals surface area contributed by atoms with Gasteiger partial charge in [-0.3, -0.25) is 9.59 Å². The van der Waals surface area contributed by atoms with Crippen LogP contribution in [0.5, 0.6) is 0 Å². The van der Waals surface area contributed by atoms with E-state index in [-0.39, 0.29) is 31.0 Å². The summed E-state index contributed by atoms with van der Waals surface area (Å²) >= 11 is 5.99. The molecule has 0 saturated heterocycles. The van der Waals surface area contributed by atoms with E-state index in [0.717, 1.165) is 5.56 Å². The zero-order valence-electron chi connectivity index (χ0n) is 11.9. The van der Waals surface area contributed by atoms with Crippen molar-refractivity contribution in [2.45, 2.75) is 19.1 Å². The van der Waals surface area contributed by atoms with Gasteiger partial charge in [-0.1, -0.05) is 35.9 Å². The standard InChI is InChI=1S/C16H17ClN2O3/c17-14-6-2-1-5-12(14)9-15(21)18-10-13(20)11-19-8-4-3-7-16(19)22/h1-8,13,20H,9-11H2,(H,18,21). The Bertz CT molecular complexity index is 700. The summed E-state index contributed by atoms with van der Waals surface area (Å²) in [6, 6.07) is 11.9. The first-order valence-electron chi connectivity index (χ1n) is 6.90. The van der Waals surface area contributed by atoms with Gasteiger partial charge in [0.25, 0.3) is 5.56 Å². The largest absolute Gasteiger partial charge is 0.389 e. The first kappa shape index (κ1) is 16.3. The molecule has 1 aromatic carbocycles. The number of pyridine rings is 1. The molecule has 2 rings (SSSR count). The van der Waals surface area contributed by atoms with Gasteiger partial charge in [-0.25, -0.2) is 0 Å². The molecule has 0 aliphatic rings. The predicted octanol–water partition coefficient (Wildman–Crippen LogP) is 1.22. The molecule has 22 heavy (non-hydrogen) atoms. The highest BCUT2D eigenvalue weighted by Gasteiger charge is 2.10. The lowest BCUT2D eigenvalue weighted by molar-refractivity contribution is -0.120. The van der Waals surface area contributed by atoms with Gasteiger partial charge in [0, 0.05) is 23.8 Å². The van der Waals surface area contributed by atoms with Gasteiger partial charge in [-0.05, 0) is 17.7 Å². The second kappa shape index (κ2) is 7.77. The summed E-state index contributed by atoms with van der Waals surface area (Å²) in [5.41, 5.74) is 0.541. The van der Waals surface area contributed by atoms with Crippen LogP contribution < -0.4 is 10.9 Å². The number of amides is 1. The molecule has 5 nitrogen and oxygen atoms in total. The molecule has 0 fully saturated rings. The van der Waals surface area contributed by atoms with Crippen molar-refractivity contribution in [2.75, 3.05) is 6.54 Å². The fourth-order valence-electron chi connectivity index (χ4n) is 2.01. The minimum atomic E-state index is -0.838. The molecule has 0 aliphatic heterocycles. The van der Waals surface area contributed by atoms with Gasteiger partial charge in [-0.15, -0.1) is 0 Å². The fourth-order valence-corrected chi connectivity index (χ4v) is 2.21. The van der Waals surface area contributed by atoms with Gasteiger partial charge in [0.2, 0.25) is 5.91 Å². The van der Waals surface area contributed by atoms with E-state index in [9.17, 15) is 14.7 Å². The molecule has 2 aromatic rings. The predicted molar refractivity (Wildman–Crippen MR) is 84.9 cm³/mol. The van der Waals surface area contributed by atoms with Crippen molar-refractivity contribution in [3.05, 3.63) is 69.6 Å². The summed E-state index contributed by atoms with van der Waals surface area (Å²) in [5, 5.41) is 13.1. The van der Waals surface area contributed by atoms with Crippen molar-refractivity contribution in [1.82, 2.24) is 9.88 Å². The summed E-state index contributed by atoms with van der Waals surface area (Å²) in [6.45, 7) is 0.205. The zero-order chi connectivity index (χ0) is 15.9. The number of aromatic nitrogens is 1. The van der Waals surface area contributed by atoms with Crippen LogP contribution in [-0.2, 0) is 17.8 Å². The molecule has 1 amide bonds. The first-order chi connectivity index (χ1) is 10.6. The number of hydrogen-bond acceptors (Lipinski definition) is 3. The number of carbonyl (C=O) groups excluding carboxylic acids is 1. The third-order valence-corrected chi connectivity index (χ3v) is 3.52. The monoisotopic (exact) mass is 320 g/mol. The summed E-state index contributed by atoms with van der Waals surface area (Å²) in [4.78, 5) is 23.4. The van der Waals surface area contributed by atoms with Crippen LogP contribution in [0.3, 0.4) is 0 Å². The summed E-state index contributed by atoms with van der Waals surface area (Å²) in [6.07, 6.45) is 0.907. The van der Waals surface area contributed by atoms with E-state index < -0.39 is 6.10 Å². The molecule has 0 radical (unpaired) electrons. The number of halogens is 1. The minimum Gasteiger partial charge on any atom is -0.389 e. The Morgan fingerprint density at radius 2 is 1.95 bits per heavy atom. The van der Waals surface area contributed by atoms with Crippen LogP contribution in [-0.4, -0.2) is 28.2 Å². The van der Waals surface area contributed by atoms with Gasteiger partial charge in [0.05, 0.1) is 19.1 Å². The van der Waals surface area contributed by atoms with Gasteiger partial charge < -0.3 is 15.0 Å². The van der Waals surface area contributed by atoms with Crippen LogP contribution in [0, 0.1) is 0 Å². The number of carbonyl (C=O) groups is 1. The molecular formula is C16H17ClN2O3. The second-order valence-corrected chi connectivity index (χ2v) is 5.32. The summed E-state index contributed by atoms with van der Waals surface area (Å²) < 4.78 is 1.39. The summed E-state index contributed by atoms with van der Waals surface area (Å²) in [7, 11) is 0. The van der Waals surface area contributed by atoms with Crippen molar-refractivity contribution in [2.24, 2.45) is 0 Å². The average molecular weight is 321 g/mol. The van der Waals surface area contributed by atoms with E-state index in [1.54, 1.807) is 36.5 Å². The van der Waals surface area contributed by atoms with Crippen molar-refractivity contribution in [3.8, 4) is 0 Å². The van der Waals surface area contributed by atoms with E-state index in [4.69, 9.17) is 11.6 Å². The maximum absolute atomic E-state index is 11.8. The van der Waals surface area contributed by atoms with Gasteiger partial charge >= 0.3 is 0 Å². The van der Waals surface area contributed by atoms with Gasteiger partial charge in [0.1, 0.15) is 0 Å². The molecule has 1 atom stereocenters. The molecule has 0 bridgehead atoms. The number of nitrogens with zero attached hydrogens (tertiary/aromatic N) is 1. The molecule has 0 spiro atoms. The van der Waals surface area contributed by atoms with Crippen LogP contribution in [0.2, 0.25) is 5.02 Å². The van der Waals surface area contributed by atoms with Gasteiger partial charge in [-0.2, -0.15) is 0 Å². The average Bonchev–Trinajstić information content (AvgIpc) is 2.50. The number of nitrogens with one attached hydrogen (secondary N) is 1. The van der Waals surface area contributed by atoms with Crippen molar-refractivity contribution in [3.63, 3.8) is 0 Å². The molecule has 116 valence electrons. The Balaban J connectivity index is 1.82. The van der Waals surface area contributed by atoms with Crippen LogP contribution >= 0.6 is 11.6 Å². The van der Waals surface area contributed by atoms with E-state index in [1.165, 1.54) is 10.6 Å². The lowest BCUT2D eigenvalue weighted by Crippen LogP contribution is -2.37. The van der Waals surface area contributed by atoms with E-state index >= 15 is 0 Å². The Morgan fingerprint density at radius 3 is 2.68 bits per heavy atom. The molecule has 0 aliphatic carbocycles. The van der Waals surface area contributed by atoms with Crippen molar-refractivity contribution in [1.29, 1.82) is 0 Å². The van der Waals surface area contributed by atoms with Gasteiger partial charge in [0.15, 0.2) is 0 Å². The zero-order valence-corrected chi connectivity index (χ0v) is 12.7. The van der Waals surface area contributed by atoms with Crippen LogP contribution in [0.25, 0.3) is 0 Å². The first-order valence-corrected chi connectivity index (χ1v) is 7.27. The maximum Gasteiger partial charge on any atom is 0.250 e. The smallest absolute Gasteiger partial charge is 0.250 e. The molecule has 1 unspecified atom stereocenters. The topological polar surface area (TPSA) is 71.3 Å². The highest BCUT2D eigenvalue weighted by molar-refractivity contribution is 6.31. The molecule has 1 heterocycles. The fraction of sp³-hybridized carbons (Fsp3) is 0.250. The summed E-state index contributed by atoms with van der Waals surface area (Å²) in [5.74, 6) is -0.229. The van der Waals surface area contributed by atoms with Crippen LogP contribution in [0.15, 0.2) is 53.5 Å². The molecule has 2 N–H and O–H groups in total. The Kier molecular flexibility index (Phi) is 5.75. The van der Waals surface area contributed by atoms with Crippen molar-refractivity contribution >= 4 is 17.5 Å². The van der Waals surface area contributed by atoms with E-state index in [0.29, 0.717) is 5.02 Å². The van der Waals surface area contributed by atoms with E-state index in [1.807, 2.05) is 6.07 Å². The van der Waals surface area contributed by atoms with E-state index in [2.05, 4.69) is 5.32 Å². The Morgan fingerprint density at radius 1 is 1.23 bits per heavy atom. The van der Waals surface area contributed by atoms with Crippen LogP contribution in [0.4, 0.5) is 0 Å². The quantitative estimate of drug-likeness (QED) is 0.840. The minimum absolute atomic E-state index is 0.0740. The lowest BCUT2D eigenvalue weighted by atomic mass is 10.1. The molecule has 6 heteroatoms. The third-order valence-electron chi connectivity index (χ3n) is 3.15. The number of hydrogen-bond donors (Lipinski definition) is 2. The Labute approximate surface area is 133 Å². The maximum atomic E-state index is 11.8. The number of benzene rings is 1. The normalized spacial score (nSPS) is 11.9. The van der Waals surface area contributed by atoms with Crippen LogP contribution in [0.1, 0.15) is 5.56 Å². The lowest BCUT2D eigenvalue weighted by Gasteiger charge is -2.13. The molecule has 1 aromatic heterocycles. The van der Waals surface area contributed by atoms with Crippen molar-refractivity contribution < 1.29 is 9.90 Å². The second-order valence-electron chi connectivity index (χ2n) is 4.92. The SMILES string of the molecule is O=C(Cc1ccccc1Cl)NCC(O)Cn1ccccc1=O. The highest BCUT2D eigenvalue weighted by Crippen LogP contribution is 2.15. The number of aliphatic hydroxyl groups is 1. The number of rotatable bonds is 6. The highest BCUT2D eigenvalue weighted by atomic mass is 35.5. The molecule has 0 saturated carbocycles.